The van der Waals surface area contributed by atoms with Crippen LogP contribution >= 0.6 is 0 Å². The molecule has 1 N–H and O–H groups in total. The number of hydrogen-bond donors (Lipinski definition) is 1. The maximum Gasteiger partial charge on any atom is 0.259 e. The van der Waals surface area contributed by atoms with Gasteiger partial charge in [0.25, 0.3) is 11.6 Å². The van der Waals surface area contributed by atoms with Crippen molar-refractivity contribution in [1.82, 2.24) is 19.9 Å². The van der Waals surface area contributed by atoms with Crippen LogP contribution in [0.2, 0.25) is 0 Å². The van der Waals surface area contributed by atoms with E-state index in [2.05, 4.69) is 20.6 Å². The number of amides is 1. The normalized spacial score (nSPS) is 11.2. The molecular formula is C23H25N5O4. The van der Waals surface area contributed by atoms with Crippen LogP contribution in [0.25, 0.3) is 11.1 Å². The first-order valence-electron chi connectivity index (χ1n) is 10.2. The van der Waals surface area contributed by atoms with Crippen molar-refractivity contribution in [3.8, 4) is 11.5 Å². The van der Waals surface area contributed by atoms with E-state index >= 15 is 0 Å². The molecule has 32 heavy (non-hydrogen) atoms. The maximum absolute atomic E-state index is 13.3. The van der Waals surface area contributed by atoms with Gasteiger partial charge in [-0.25, -0.2) is 9.67 Å². The van der Waals surface area contributed by atoms with Crippen LogP contribution in [-0.2, 0) is 6.54 Å². The molecule has 0 unspecified atom stereocenters. The number of pyridine rings is 1. The molecule has 4 rings (SSSR count). The minimum atomic E-state index is -0.287. The summed E-state index contributed by atoms with van der Waals surface area (Å²) in [6.07, 6.45) is 1.63. The van der Waals surface area contributed by atoms with E-state index in [4.69, 9.17) is 14.0 Å². The SMILES string of the molecule is COc1cccc(Cn2nccc2NC(=O)c2cc(C(C)C)nc3onc(C)c23)c1OC. The second-order valence-corrected chi connectivity index (χ2v) is 7.68. The van der Waals surface area contributed by atoms with Gasteiger partial charge in [0.05, 0.1) is 43.6 Å². The molecule has 166 valence electrons. The number of carbonyl (C=O) groups excluding carboxylic acids is 1. The van der Waals surface area contributed by atoms with Crippen molar-refractivity contribution < 1.29 is 18.8 Å². The molecule has 0 aliphatic rings. The van der Waals surface area contributed by atoms with Crippen molar-refractivity contribution in [3.05, 3.63) is 59.0 Å². The van der Waals surface area contributed by atoms with Crippen LogP contribution in [0.15, 0.2) is 41.1 Å². The fourth-order valence-electron chi connectivity index (χ4n) is 3.58. The second-order valence-electron chi connectivity index (χ2n) is 7.68. The third-order valence-electron chi connectivity index (χ3n) is 5.24. The summed E-state index contributed by atoms with van der Waals surface area (Å²) in [5.41, 5.74) is 3.06. The van der Waals surface area contributed by atoms with E-state index < -0.39 is 0 Å². The third-order valence-corrected chi connectivity index (χ3v) is 5.24. The molecule has 0 aliphatic heterocycles. The zero-order chi connectivity index (χ0) is 22.8. The molecule has 3 aromatic heterocycles. The molecule has 0 bridgehead atoms. The van der Waals surface area contributed by atoms with Crippen LogP contribution in [0.3, 0.4) is 0 Å². The monoisotopic (exact) mass is 435 g/mol. The van der Waals surface area contributed by atoms with Gasteiger partial charge in [0.1, 0.15) is 5.82 Å². The Labute approximate surface area is 185 Å². The first-order chi connectivity index (χ1) is 15.4. The molecular weight excluding hydrogens is 410 g/mol. The van der Waals surface area contributed by atoms with E-state index in [0.29, 0.717) is 46.2 Å². The molecule has 0 fully saturated rings. The molecule has 0 radical (unpaired) electrons. The Kier molecular flexibility index (Phi) is 5.81. The summed E-state index contributed by atoms with van der Waals surface area (Å²) in [5.74, 6) is 1.64. The van der Waals surface area contributed by atoms with Crippen LogP contribution in [-0.4, -0.2) is 40.0 Å². The van der Waals surface area contributed by atoms with Crippen molar-refractivity contribution in [3.63, 3.8) is 0 Å². The lowest BCUT2D eigenvalue weighted by molar-refractivity contribution is 0.102. The van der Waals surface area contributed by atoms with Gasteiger partial charge in [-0.3, -0.25) is 4.79 Å². The number of carbonyl (C=O) groups is 1. The Balaban J connectivity index is 1.66. The molecule has 9 heteroatoms. The van der Waals surface area contributed by atoms with E-state index in [1.165, 1.54) is 0 Å². The lowest BCUT2D eigenvalue weighted by Gasteiger charge is -2.14. The fraction of sp³-hybridized carbons (Fsp3) is 0.304. The molecule has 0 atom stereocenters. The largest absolute Gasteiger partial charge is 0.493 e. The second kappa shape index (κ2) is 8.70. The molecule has 9 nitrogen and oxygen atoms in total. The van der Waals surface area contributed by atoms with Gasteiger partial charge in [0.15, 0.2) is 11.5 Å². The Morgan fingerprint density at radius 1 is 1.22 bits per heavy atom. The third kappa shape index (κ3) is 3.89. The number of benzene rings is 1. The molecule has 1 amide bonds. The number of methoxy groups -OCH3 is 2. The summed E-state index contributed by atoms with van der Waals surface area (Å²) in [4.78, 5) is 17.8. The molecule has 4 aromatic rings. The van der Waals surface area contributed by atoms with Crippen molar-refractivity contribution in [2.75, 3.05) is 19.5 Å². The molecule has 0 spiro atoms. The molecule has 0 aliphatic carbocycles. The number of aromatic nitrogens is 4. The summed E-state index contributed by atoms with van der Waals surface area (Å²) in [6.45, 7) is 6.20. The van der Waals surface area contributed by atoms with Gasteiger partial charge in [-0.15, -0.1) is 0 Å². The number of rotatable bonds is 7. The van der Waals surface area contributed by atoms with Crippen LogP contribution in [0.4, 0.5) is 5.82 Å². The molecule has 0 saturated heterocycles. The van der Waals surface area contributed by atoms with Crippen LogP contribution in [0, 0.1) is 6.92 Å². The van der Waals surface area contributed by atoms with Crippen molar-refractivity contribution in [1.29, 1.82) is 0 Å². The zero-order valence-electron chi connectivity index (χ0n) is 18.7. The quantitative estimate of drug-likeness (QED) is 0.464. The minimum Gasteiger partial charge on any atom is -0.493 e. The summed E-state index contributed by atoms with van der Waals surface area (Å²) < 4.78 is 17.9. The summed E-state index contributed by atoms with van der Waals surface area (Å²) in [6, 6.07) is 9.17. The first kappa shape index (κ1) is 21.4. The van der Waals surface area contributed by atoms with Gasteiger partial charge in [0.2, 0.25) is 0 Å². The van der Waals surface area contributed by atoms with Gasteiger partial charge in [-0.1, -0.05) is 31.1 Å². The lowest BCUT2D eigenvalue weighted by atomic mass is 10.0. The van der Waals surface area contributed by atoms with E-state index in [0.717, 1.165) is 11.3 Å². The molecule has 1 aromatic carbocycles. The average molecular weight is 435 g/mol. The Bertz CT molecular complexity index is 1270. The Morgan fingerprint density at radius 3 is 2.75 bits per heavy atom. The van der Waals surface area contributed by atoms with Crippen LogP contribution in [0.1, 0.15) is 47.1 Å². The smallest absolute Gasteiger partial charge is 0.259 e. The van der Waals surface area contributed by atoms with E-state index in [1.807, 2.05) is 32.0 Å². The summed E-state index contributed by atoms with van der Waals surface area (Å²) in [7, 11) is 3.18. The number of para-hydroxylation sites is 1. The first-order valence-corrected chi connectivity index (χ1v) is 10.2. The van der Waals surface area contributed by atoms with Gasteiger partial charge in [0, 0.05) is 17.3 Å². The number of hydrogen-bond acceptors (Lipinski definition) is 7. The number of ether oxygens (including phenoxy) is 2. The van der Waals surface area contributed by atoms with Gasteiger partial charge in [-0.2, -0.15) is 5.10 Å². The maximum atomic E-state index is 13.3. The number of fused-ring (bicyclic) bond motifs is 1. The Hall–Kier alpha value is -3.88. The van der Waals surface area contributed by atoms with Gasteiger partial charge in [-0.05, 0) is 25.0 Å². The summed E-state index contributed by atoms with van der Waals surface area (Å²) >= 11 is 0. The van der Waals surface area contributed by atoms with Crippen molar-refractivity contribution in [2.45, 2.75) is 33.2 Å². The van der Waals surface area contributed by atoms with E-state index in [1.54, 1.807) is 44.2 Å². The van der Waals surface area contributed by atoms with E-state index in [9.17, 15) is 4.79 Å². The van der Waals surface area contributed by atoms with Crippen molar-refractivity contribution in [2.24, 2.45) is 0 Å². The fourth-order valence-corrected chi connectivity index (χ4v) is 3.58. The standard InChI is InChI=1S/C23H25N5O4/c1-13(2)17-11-16(20-14(3)27-32-23(20)25-17)22(29)26-19-9-10-24-28(19)12-15-7-6-8-18(30-4)21(15)31-5/h6-11,13H,12H2,1-5H3,(H,26,29). The zero-order valence-corrected chi connectivity index (χ0v) is 18.7. The minimum absolute atomic E-state index is 0.127. The van der Waals surface area contributed by atoms with Crippen LogP contribution in [0.5, 0.6) is 11.5 Å². The number of aryl methyl sites for hydroxylation is 1. The highest BCUT2D eigenvalue weighted by Crippen LogP contribution is 2.32. The number of anilines is 1. The number of nitrogens with zero attached hydrogens (tertiary/aromatic N) is 4. The average Bonchev–Trinajstić information content (AvgIpc) is 3.39. The highest BCUT2D eigenvalue weighted by atomic mass is 16.5. The highest BCUT2D eigenvalue weighted by molar-refractivity contribution is 6.12. The van der Waals surface area contributed by atoms with Gasteiger partial charge < -0.3 is 19.3 Å². The lowest BCUT2D eigenvalue weighted by Crippen LogP contribution is -2.17. The Morgan fingerprint density at radius 2 is 2.03 bits per heavy atom. The van der Waals surface area contributed by atoms with Gasteiger partial charge >= 0.3 is 0 Å². The predicted molar refractivity (Wildman–Crippen MR) is 119 cm³/mol. The number of nitrogens with one attached hydrogen (secondary N) is 1. The topological polar surface area (TPSA) is 104 Å². The van der Waals surface area contributed by atoms with E-state index in [-0.39, 0.29) is 11.8 Å². The molecule has 0 saturated carbocycles. The predicted octanol–water partition coefficient (Wildman–Crippen LogP) is 4.17. The van der Waals surface area contributed by atoms with Crippen molar-refractivity contribution >= 4 is 22.8 Å². The summed E-state index contributed by atoms with van der Waals surface area (Å²) in [5, 5.41) is 11.9. The van der Waals surface area contributed by atoms with Crippen LogP contribution < -0.4 is 14.8 Å². The highest BCUT2D eigenvalue weighted by Gasteiger charge is 2.21. The molecule has 3 heterocycles.